The van der Waals surface area contributed by atoms with Crippen molar-refractivity contribution in [1.29, 1.82) is 0 Å². The Hall–Kier alpha value is -1.01. The Bertz CT molecular complexity index is 436. The van der Waals surface area contributed by atoms with Gasteiger partial charge in [-0.15, -0.1) is 0 Å². The van der Waals surface area contributed by atoms with Crippen LogP contribution in [0.3, 0.4) is 0 Å². The first-order valence-corrected chi connectivity index (χ1v) is 7.95. The van der Waals surface area contributed by atoms with Crippen molar-refractivity contribution >= 4 is 22.4 Å². The standard InChI is InChI=1S/C13H22N4OS/c1-2-18-11-12(14)16-19-13(11)15-9-6-8-17-7-4-3-5-10(9)17/h9-10,15H,2-8H2,1H3,(H2,14,16). The van der Waals surface area contributed by atoms with Gasteiger partial charge in [-0.05, 0) is 44.3 Å². The predicted octanol–water partition coefficient (Wildman–Crippen LogP) is 2.16. The fraction of sp³-hybridized carbons (Fsp3) is 0.769. The van der Waals surface area contributed by atoms with E-state index in [4.69, 9.17) is 10.5 Å². The highest BCUT2D eigenvalue weighted by Gasteiger charge is 2.36. The monoisotopic (exact) mass is 282 g/mol. The van der Waals surface area contributed by atoms with E-state index >= 15 is 0 Å². The Labute approximate surface area is 118 Å². The van der Waals surface area contributed by atoms with Gasteiger partial charge in [0.25, 0.3) is 0 Å². The summed E-state index contributed by atoms with van der Waals surface area (Å²) in [6.07, 6.45) is 5.20. The summed E-state index contributed by atoms with van der Waals surface area (Å²) < 4.78 is 9.80. The molecule has 2 unspecified atom stereocenters. The van der Waals surface area contributed by atoms with E-state index in [-0.39, 0.29) is 0 Å². The highest BCUT2D eigenvalue weighted by Crippen LogP contribution is 2.38. The number of ether oxygens (including phenoxy) is 1. The predicted molar refractivity (Wildman–Crippen MR) is 78.9 cm³/mol. The Kier molecular flexibility index (Phi) is 3.79. The number of nitrogen functional groups attached to an aromatic ring is 1. The zero-order chi connectivity index (χ0) is 13.2. The van der Waals surface area contributed by atoms with Crippen LogP contribution in [-0.4, -0.2) is 41.1 Å². The number of hydrogen-bond acceptors (Lipinski definition) is 6. The van der Waals surface area contributed by atoms with Crippen LogP contribution in [0.15, 0.2) is 0 Å². The lowest BCUT2D eigenvalue weighted by Crippen LogP contribution is -2.41. The van der Waals surface area contributed by atoms with E-state index in [2.05, 4.69) is 14.6 Å². The summed E-state index contributed by atoms with van der Waals surface area (Å²) in [5.41, 5.74) is 5.86. The SMILES string of the molecule is CCOc1c(N)nsc1NC1CCN2CCCCC12. The number of nitrogens with one attached hydrogen (secondary N) is 1. The maximum absolute atomic E-state index is 5.86. The molecule has 0 bridgehead atoms. The van der Waals surface area contributed by atoms with E-state index in [1.807, 2.05) is 6.92 Å². The van der Waals surface area contributed by atoms with Crippen molar-refractivity contribution in [1.82, 2.24) is 9.27 Å². The minimum atomic E-state index is 0.507. The number of nitrogens with zero attached hydrogens (tertiary/aromatic N) is 2. The van der Waals surface area contributed by atoms with Crippen LogP contribution in [0.5, 0.6) is 5.75 Å². The molecule has 2 aliphatic rings. The molecule has 0 aromatic carbocycles. The summed E-state index contributed by atoms with van der Waals surface area (Å²) in [5.74, 6) is 1.25. The third-order valence-electron chi connectivity index (χ3n) is 4.14. The highest BCUT2D eigenvalue weighted by molar-refractivity contribution is 7.11. The molecule has 6 heteroatoms. The Morgan fingerprint density at radius 1 is 1.42 bits per heavy atom. The summed E-state index contributed by atoms with van der Waals surface area (Å²) in [4.78, 5) is 2.62. The number of aromatic nitrogens is 1. The molecule has 106 valence electrons. The third-order valence-corrected chi connectivity index (χ3v) is 4.91. The van der Waals surface area contributed by atoms with Crippen LogP contribution in [-0.2, 0) is 0 Å². The van der Waals surface area contributed by atoms with E-state index < -0.39 is 0 Å². The second-order valence-corrected chi connectivity index (χ2v) is 6.07. The molecule has 2 atom stereocenters. The molecular formula is C13H22N4OS. The summed E-state index contributed by atoms with van der Waals surface area (Å²) >= 11 is 1.41. The molecule has 2 aliphatic heterocycles. The zero-order valence-corrected chi connectivity index (χ0v) is 12.2. The Morgan fingerprint density at radius 3 is 3.16 bits per heavy atom. The van der Waals surface area contributed by atoms with Crippen LogP contribution in [0, 0.1) is 0 Å². The molecule has 5 nitrogen and oxygen atoms in total. The fourth-order valence-corrected chi connectivity index (χ4v) is 3.98. The van der Waals surface area contributed by atoms with Crippen molar-refractivity contribution in [2.75, 3.05) is 30.7 Å². The largest absolute Gasteiger partial charge is 0.487 e. The van der Waals surface area contributed by atoms with E-state index in [1.54, 1.807) is 0 Å². The minimum Gasteiger partial charge on any atom is -0.487 e. The van der Waals surface area contributed by atoms with Crippen molar-refractivity contribution < 1.29 is 4.74 Å². The van der Waals surface area contributed by atoms with Gasteiger partial charge in [0, 0.05) is 18.6 Å². The summed E-state index contributed by atoms with van der Waals surface area (Å²) in [6.45, 7) is 5.06. The second-order valence-electron chi connectivity index (χ2n) is 5.30. The first-order chi connectivity index (χ1) is 9.29. The summed E-state index contributed by atoms with van der Waals surface area (Å²) in [6, 6.07) is 1.19. The van der Waals surface area contributed by atoms with Crippen molar-refractivity contribution in [2.45, 2.75) is 44.7 Å². The normalized spacial score (nSPS) is 27.2. The van der Waals surface area contributed by atoms with Crippen LogP contribution in [0.4, 0.5) is 10.8 Å². The van der Waals surface area contributed by atoms with Gasteiger partial charge in [-0.2, -0.15) is 4.37 Å². The second kappa shape index (κ2) is 5.54. The van der Waals surface area contributed by atoms with Crippen LogP contribution >= 0.6 is 11.5 Å². The van der Waals surface area contributed by atoms with Gasteiger partial charge in [-0.1, -0.05) is 6.42 Å². The van der Waals surface area contributed by atoms with Crippen molar-refractivity contribution in [3.8, 4) is 5.75 Å². The van der Waals surface area contributed by atoms with Gasteiger partial charge in [0.2, 0.25) is 0 Å². The Balaban J connectivity index is 1.71. The van der Waals surface area contributed by atoms with E-state index in [1.165, 1.54) is 50.3 Å². The number of anilines is 2. The molecule has 3 N–H and O–H groups in total. The zero-order valence-electron chi connectivity index (χ0n) is 11.4. The van der Waals surface area contributed by atoms with Gasteiger partial charge < -0.3 is 15.8 Å². The lowest BCUT2D eigenvalue weighted by atomic mass is 9.99. The molecule has 19 heavy (non-hydrogen) atoms. The molecule has 0 aliphatic carbocycles. The van der Waals surface area contributed by atoms with Crippen LogP contribution in [0.2, 0.25) is 0 Å². The molecule has 1 aromatic heterocycles. The smallest absolute Gasteiger partial charge is 0.197 e. The molecule has 0 spiro atoms. The number of rotatable bonds is 4. The minimum absolute atomic E-state index is 0.507. The van der Waals surface area contributed by atoms with E-state index in [9.17, 15) is 0 Å². The molecule has 3 rings (SSSR count). The summed E-state index contributed by atoms with van der Waals surface area (Å²) in [5, 5.41) is 4.62. The number of piperidine rings is 1. The average molecular weight is 282 g/mol. The molecule has 2 saturated heterocycles. The quantitative estimate of drug-likeness (QED) is 0.886. The van der Waals surface area contributed by atoms with E-state index in [0.29, 0.717) is 24.5 Å². The van der Waals surface area contributed by atoms with Gasteiger partial charge in [-0.25, -0.2) is 0 Å². The van der Waals surface area contributed by atoms with Gasteiger partial charge in [-0.3, -0.25) is 4.90 Å². The molecule has 1 aromatic rings. The molecular weight excluding hydrogens is 260 g/mol. The fourth-order valence-electron chi connectivity index (χ4n) is 3.25. The molecule has 0 radical (unpaired) electrons. The Morgan fingerprint density at radius 2 is 2.32 bits per heavy atom. The van der Waals surface area contributed by atoms with Crippen LogP contribution in [0.1, 0.15) is 32.6 Å². The van der Waals surface area contributed by atoms with Crippen LogP contribution in [0.25, 0.3) is 0 Å². The molecule has 0 saturated carbocycles. The van der Waals surface area contributed by atoms with Gasteiger partial charge in [0.05, 0.1) is 6.61 Å². The third kappa shape index (κ3) is 2.51. The molecule has 0 amide bonds. The van der Waals surface area contributed by atoms with Gasteiger partial charge in [0.15, 0.2) is 16.6 Å². The van der Waals surface area contributed by atoms with Crippen molar-refractivity contribution in [2.24, 2.45) is 0 Å². The maximum atomic E-state index is 5.86. The van der Waals surface area contributed by atoms with Crippen molar-refractivity contribution in [3.05, 3.63) is 0 Å². The lowest BCUT2D eigenvalue weighted by molar-refractivity contribution is 0.192. The van der Waals surface area contributed by atoms with Gasteiger partial charge in [0.1, 0.15) is 0 Å². The first-order valence-electron chi connectivity index (χ1n) is 7.18. The number of fused-ring (bicyclic) bond motifs is 1. The lowest BCUT2D eigenvalue weighted by Gasteiger charge is -2.32. The average Bonchev–Trinajstić information content (AvgIpc) is 2.98. The van der Waals surface area contributed by atoms with E-state index in [0.717, 1.165) is 10.8 Å². The first kappa shape index (κ1) is 13.0. The molecule has 3 heterocycles. The maximum Gasteiger partial charge on any atom is 0.197 e. The highest BCUT2D eigenvalue weighted by atomic mass is 32.1. The summed E-state index contributed by atoms with van der Waals surface area (Å²) in [7, 11) is 0. The topological polar surface area (TPSA) is 63.4 Å². The van der Waals surface area contributed by atoms with Gasteiger partial charge >= 0.3 is 0 Å². The molecule has 2 fully saturated rings. The number of nitrogens with two attached hydrogens (primary N) is 1. The number of hydrogen-bond donors (Lipinski definition) is 2. The van der Waals surface area contributed by atoms with Crippen molar-refractivity contribution in [3.63, 3.8) is 0 Å². The van der Waals surface area contributed by atoms with Crippen LogP contribution < -0.4 is 15.8 Å².